The number of carbonyl (C=O) groups excluding carboxylic acids is 1. The highest BCUT2D eigenvalue weighted by Gasteiger charge is 2.72. The fourth-order valence-corrected chi connectivity index (χ4v) is 5.55. The molecule has 0 atom stereocenters. The minimum absolute atomic E-state index is 0.0366. The molecule has 5 fully saturated rings. The molecule has 5 aliphatic carbocycles. The Labute approximate surface area is 188 Å². The van der Waals surface area contributed by atoms with Crippen LogP contribution < -0.4 is 10.1 Å². The van der Waals surface area contributed by atoms with Gasteiger partial charge in [0.1, 0.15) is 5.75 Å². The topological polar surface area (TPSA) is 86.5 Å². The van der Waals surface area contributed by atoms with Gasteiger partial charge < -0.3 is 14.5 Å². The molecule has 5 aliphatic rings. The van der Waals surface area contributed by atoms with Gasteiger partial charge in [-0.15, -0.1) is 23.4 Å². The number of carbonyl (C=O) groups is 1. The molecule has 0 saturated heterocycles. The third-order valence-corrected chi connectivity index (χ3v) is 7.37. The zero-order chi connectivity index (χ0) is 22.8. The fraction of sp³-hybridized carbons (Fsp3) is 0.609. The Balaban J connectivity index is 0.957. The summed E-state index contributed by atoms with van der Waals surface area (Å²) in [5.74, 6) is 1.89. The summed E-state index contributed by atoms with van der Waals surface area (Å²) in [6.45, 7) is -0.0366. The minimum atomic E-state index is -4.62. The number of nitrogens with zero attached hydrogens (tertiary/aromatic N) is 2. The van der Waals surface area contributed by atoms with Gasteiger partial charge in [-0.2, -0.15) is 0 Å². The van der Waals surface area contributed by atoms with E-state index in [2.05, 4.69) is 32.4 Å². The largest absolute Gasteiger partial charge is 0.522 e. The van der Waals surface area contributed by atoms with Crippen molar-refractivity contribution in [3.8, 4) is 5.75 Å². The van der Waals surface area contributed by atoms with Crippen LogP contribution in [0.4, 0.5) is 13.2 Å². The minimum Gasteiger partial charge on any atom is -0.484 e. The first-order valence-corrected chi connectivity index (χ1v) is 11.3. The molecular weight excluding hydrogens is 439 g/mol. The van der Waals surface area contributed by atoms with Crippen molar-refractivity contribution in [3.63, 3.8) is 0 Å². The zero-order valence-corrected chi connectivity index (χ0v) is 17.9. The first kappa shape index (κ1) is 20.9. The van der Waals surface area contributed by atoms with Crippen molar-refractivity contribution >= 4 is 5.91 Å². The first-order chi connectivity index (χ1) is 15.7. The van der Waals surface area contributed by atoms with E-state index in [4.69, 9.17) is 9.15 Å². The number of hydrogen-bond acceptors (Lipinski definition) is 6. The van der Waals surface area contributed by atoms with E-state index >= 15 is 0 Å². The molecule has 0 aliphatic heterocycles. The fourth-order valence-electron chi connectivity index (χ4n) is 5.55. The summed E-state index contributed by atoms with van der Waals surface area (Å²) >= 11 is 0. The average Bonchev–Trinajstić information content (AvgIpc) is 3.42. The number of amides is 1. The van der Waals surface area contributed by atoms with Gasteiger partial charge in [-0.3, -0.25) is 9.53 Å². The van der Waals surface area contributed by atoms with Gasteiger partial charge in [0.25, 0.3) is 5.91 Å². The summed E-state index contributed by atoms with van der Waals surface area (Å²) in [7, 11) is 0. The van der Waals surface area contributed by atoms with Crippen molar-refractivity contribution in [2.75, 3.05) is 6.61 Å². The van der Waals surface area contributed by atoms with Gasteiger partial charge in [-0.1, -0.05) is 12.1 Å². The van der Waals surface area contributed by atoms with E-state index in [1.807, 2.05) is 12.1 Å². The van der Waals surface area contributed by atoms with E-state index in [1.165, 1.54) is 18.4 Å². The summed E-state index contributed by atoms with van der Waals surface area (Å²) in [5, 5.41) is 11.3. The average molecular weight is 463 g/mol. The molecule has 1 aromatic heterocycles. The first-order valence-electron chi connectivity index (χ1n) is 11.3. The van der Waals surface area contributed by atoms with Gasteiger partial charge in [0.05, 0.1) is 11.5 Å². The smallest absolute Gasteiger partial charge is 0.484 e. The number of nitrogens with one attached hydrogen (secondary N) is 1. The summed E-state index contributed by atoms with van der Waals surface area (Å²) in [4.78, 5) is 12.4. The molecule has 7 rings (SSSR count). The van der Waals surface area contributed by atoms with Gasteiger partial charge in [0, 0.05) is 11.5 Å². The number of benzene rings is 1. The van der Waals surface area contributed by atoms with Crippen LogP contribution in [0.1, 0.15) is 74.1 Å². The van der Waals surface area contributed by atoms with Crippen LogP contribution in [0.25, 0.3) is 0 Å². The van der Waals surface area contributed by atoms with Crippen LogP contribution in [0.2, 0.25) is 0 Å². The number of ether oxygens (including phenoxy) is 2. The highest BCUT2D eigenvalue weighted by Crippen LogP contribution is 2.67. The van der Waals surface area contributed by atoms with E-state index in [0.717, 1.165) is 0 Å². The van der Waals surface area contributed by atoms with Crippen molar-refractivity contribution in [3.05, 3.63) is 41.6 Å². The number of halogens is 3. The highest BCUT2D eigenvalue weighted by molar-refractivity contribution is 5.79. The van der Waals surface area contributed by atoms with Gasteiger partial charge in [-0.05, 0) is 68.6 Å². The molecule has 2 bridgehead atoms. The van der Waals surface area contributed by atoms with Crippen LogP contribution in [-0.4, -0.2) is 40.7 Å². The second-order valence-electron chi connectivity index (χ2n) is 10.1. The molecule has 5 saturated carbocycles. The number of alkyl halides is 3. The van der Waals surface area contributed by atoms with Crippen molar-refractivity contribution < 1.29 is 31.9 Å². The third kappa shape index (κ3) is 3.98. The Morgan fingerprint density at radius 1 is 1.09 bits per heavy atom. The SMILES string of the molecule is O=C(COc1ccc(C2CC2)cc1)NC12CC(c3nnc([C@H]4C[C@@H](OC(F)(F)F)C4)o3)(C1)C2. The van der Waals surface area contributed by atoms with Gasteiger partial charge in [0.2, 0.25) is 11.8 Å². The van der Waals surface area contributed by atoms with Crippen LogP contribution in [-0.2, 0) is 14.9 Å². The van der Waals surface area contributed by atoms with E-state index in [9.17, 15) is 18.0 Å². The molecule has 0 radical (unpaired) electrons. The van der Waals surface area contributed by atoms with E-state index < -0.39 is 12.5 Å². The van der Waals surface area contributed by atoms with Crippen LogP contribution >= 0.6 is 0 Å². The van der Waals surface area contributed by atoms with Crippen molar-refractivity contribution in [2.24, 2.45) is 0 Å². The molecular formula is C23H24F3N3O4. The lowest BCUT2D eigenvalue weighted by Crippen LogP contribution is -2.77. The van der Waals surface area contributed by atoms with E-state index in [1.54, 1.807) is 0 Å². The summed E-state index contributed by atoms with van der Waals surface area (Å²) in [5.41, 5.74) is 0.832. The molecule has 7 nitrogen and oxygen atoms in total. The molecule has 1 N–H and O–H groups in total. The number of rotatable bonds is 8. The molecule has 33 heavy (non-hydrogen) atoms. The molecule has 1 heterocycles. The standard InChI is InChI=1S/C23H24F3N3O4/c24-23(25,26)33-17-7-15(8-17)19-28-29-20(32-19)21-10-22(11-21,12-21)27-18(30)9-31-16-5-3-14(4-6-16)13-1-2-13/h3-6,13,15,17H,1-2,7-12H2,(H,27,30)/t15-,17+,21?,22?. The van der Waals surface area contributed by atoms with Crippen LogP contribution in [0.15, 0.2) is 28.7 Å². The normalized spacial score (nSPS) is 32.3. The Bertz CT molecular complexity index is 1040. The second-order valence-corrected chi connectivity index (χ2v) is 10.1. The van der Waals surface area contributed by atoms with Crippen LogP contribution in [0.3, 0.4) is 0 Å². The molecule has 1 amide bonds. The van der Waals surface area contributed by atoms with Gasteiger partial charge >= 0.3 is 6.36 Å². The lowest BCUT2D eigenvalue weighted by molar-refractivity contribution is -0.352. The van der Waals surface area contributed by atoms with Crippen molar-refractivity contribution in [1.82, 2.24) is 15.5 Å². The maximum absolute atomic E-state index is 12.4. The Hall–Kier alpha value is -2.62. The zero-order valence-electron chi connectivity index (χ0n) is 17.9. The Morgan fingerprint density at radius 2 is 1.79 bits per heavy atom. The number of hydrogen-bond donors (Lipinski definition) is 1. The summed E-state index contributed by atoms with van der Waals surface area (Å²) < 4.78 is 52.2. The van der Waals surface area contributed by atoms with Gasteiger partial charge in [0.15, 0.2) is 6.61 Å². The molecule has 176 valence electrons. The van der Waals surface area contributed by atoms with Crippen molar-refractivity contribution in [2.45, 2.75) is 80.2 Å². The molecule has 0 spiro atoms. The molecule has 1 aromatic carbocycles. The maximum Gasteiger partial charge on any atom is 0.522 e. The molecule has 0 unspecified atom stereocenters. The monoisotopic (exact) mass is 463 g/mol. The second kappa shape index (κ2) is 7.19. The van der Waals surface area contributed by atoms with Crippen molar-refractivity contribution in [1.29, 1.82) is 0 Å². The molecule has 10 heteroatoms. The Kier molecular flexibility index (Phi) is 4.56. The quantitative estimate of drug-likeness (QED) is 0.635. The highest BCUT2D eigenvalue weighted by atomic mass is 19.4. The predicted molar refractivity (Wildman–Crippen MR) is 108 cm³/mol. The maximum atomic E-state index is 12.4. The lowest BCUT2D eigenvalue weighted by atomic mass is 9.39. The third-order valence-electron chi connectivity index (χ3n) is 7.37. The predicted octanol–water partition coefficient (Wildman–Crippen LogP) is 4.10. The summed E-state index contributed by atoms with van der Waals surface area (Å²) in [6.07, 6.45) is -0.391. The van der Waals surface area contributed by atoms with Gasteiger partial charge in [-0.25, -0.2) is 0 Å². The molecule has 2 aromatic rings. The van der Waals surface area contributed by atoms with E-state index in [-0.39, 0.29) is 42.2 Å². The number of aromatic nitrogens is 2. The lowest BCUT2D eigenvalue weighted by Gasteiger charge is -2.68. The van der Waals surface area contributed by atoms with Crippen LogP contribution in [0.5, 0.6) is 5.75 Å². The summed E-state index contributed by atoms with van der Waals surface area (Å²) in [6, 6.07) is 7.93. The van der Waals surface area contributed by atoms with E-state index in [0.29, 0.717) is 42.7 Å². The van der Waals surface area contributed by atoms with Crippen LogP contribution in [0, 0.1) is 0 Å². The Morgan fingerprint density at radius 3 is 2.42 bits per heavy atom.